The van der Waals surface area contributed by atoms with E-state index in [1.807, 2.05) is 51.1 Å². The predicted octanol–water partition coefficient (Wildman–Crippen LogP) is 2.31. The third kappa shape index (κ3) is 7.90. The molecule has 2 aliphatic heterocycles. The fourth-order valence-corrected chi connectivity index (χ4v) is 4.14. The van der Waals surface area contributed by atoms with Crippen molar-refractivity contribution in [2.24, 2.45) is 5.41 Å². The Morgan fingerprint density at radius 2 is 1.78 bits per heavy atom. The maximum Gasteiger partial charge on any atom is 0.408 e. The summed E-state index contributed by atoms with van der Waals surface area (Å²) < 4.78 is 16.3. The molecule has 2 saturated heterocycles. The highest BCUT2D eigenvalue weighted by molar-refractivity contribution is 5.92. The van der Waals surface area contributed by atoms with Crippen LogP contribution in [0, 0.1) is 5.41 Å². The highest BCUT2D eigenvalue weighted by atomic mass is 16.7. The minimum absolute atomic E-state index is 0.183. The first-order valence-electron chi connectivity index (χ1n) is 12.5. The Hall–Kier alpha value is -3.18. The second kappa shape index (κ2) is 11.5. The number of benzene rings is 1. The van der Waals surface area contributed by atoms with Gasteiger partial charge in [-0.3, -0.25) is 19.8 Å². The van der Waals surface area contributed by atoms with Crippen molar-refractivity contribution >= 4 is 23.9 Å². The van der Waals surface area contributed by atoms with Crippen LogP contribution < -0.4 is 10.7 Å². The van der Waals surface area contributed by atoms with Crippen LogP contribution in [0.15, 0.2) is 30.3 Å². The number of carbonyl (C=O) groups excluding carboxylic acids is 4. The molecule has 0 radical (unpaired) electrons. The first-order chi connectivity index (χ1) is 17.2. The molecule has 2 heterocycles. The summed E-state index contributed by atoms with van der Waals surface area (Å²) in [4.78, 5) is 52.7. The molecular weight excluding hydrogens is 480 g/mol. The van der Waals surface area contributed by atoms with Crippen LogP contribution in [0.25, 0.3) is 0 Å². The van der Waals surface area contributed by atoms with Gasteiger partial charge >= 0.3 is 12.1 Å². The third-order valence-electron chi connectivity index (χ3n) is 5.89. The minimum Gasteiger partial charge on any atom is -0.444 e. The molecule has 0 saturated carbocycles. The van der Waals surface area contributed by atoms with Crippen molar-refractivity contribution in [3.63, 3.8) is 0 Å². The van der Waals surface area contributed by atoms with Crippen LogP contribution in [0.4, 0.5) is 4.79 Å². The van der Waals surface area contributed by atoms with Crippen molar-refractivity contribution in [3.8, 4) is 0 Å². The van der Waals surface area contributed by atoms with E-state index in [-0.39, 0.29) is 19.1 Å². The molecule has 3 rings (SSSR count). The molecule has 2 aliphatic rings. The summed E-state index contributed by atoms with van der Waals surface area (Å²) in [6.45, 7) is 11.1. The quantitative estimate of drug-likeness (QED) is 0.527. The summed E-state index contributed by atoms with van der Waals surface area (Å²) in [6.07, 6.45) is -0.722. The molecule has 2 fully saturated rings. The summed E-state index contributed by atoms with van der Waals surface area (Å²) in [7, 11) is 0. The molecule has 2 unspecified atom stereocenters. The van der Waals surface area contributed by atoms with Gasteiger partial charge in [0.05, 0.1) is 6.61 Å². The lowest BCUT2D eigenvalue weighted by Crippen LogP contribution is -2.59. The zero-order chi connectivity index (χ0) is 27.4. The van der Waals surface area contributed by atoms with Crippen LogP contribution in [0.3, 0.4) is 0 Å². The van der Waals surface area contributed by atoms with Gasteiger partial charge in [-0.25, -0.2) is 4.79 Å². The van der Waals surface area contributed by atoms with Gasteiger partial charge < -0.3 is 24.4 Å². The van der Waals surface area contributed by atoms with Gasteiger partial charge in [-0.15, -0.1) is 5.01 Å². The van der Waals surface area contributed by atoms with Gasteiger partial charge in [-0.2, -0.15) is 0 Å². The van der Waals surface area contributed by atoms with Crippen molar-refractivity contribution < 1.29 is 33.4 Å². The molecule has 0 aliphatic carbocycles. The average Bonchev–Trinajstić information content (AvgIpc) is 3.41. The molecule has 204 valence electrons. The Labute approximate surface area is 217 Å². The molecule has 0 aromatic heterocycles. The zero-order valence-electron chi connectivity index (χ0n) is 22.4. The molecule has 2 N–H and O–H groups in total. The normalized spacial score (nSPS) is 21.4. The number of esters is 1. The number of rotatable bonds is 7. The maximum absolute atomic E-state index is 13.6. The minimum atomic E-state index is -1.08. The van der Waals surface area contributed by atoms with Gasteiger partial charge in [0.25, 0.3) is 12.3 Å². The number of hydrazine groups is 1. The van der Waals surface area contributed by atoms with E-state index in [0.717, 1.165) is 5.56 Å². The monoisotopic (exact) mass is 518 g/mol. The summed E-state index contributed by atoms with van der Waals surface area (Å²) in [5, 5.41) is 3.98. The lowest BCUT2D eigenvalue weighted by atomic mass is 9.85. The van der Waals surface area contributed by atoms with Crippen LogP contribution >= 0.6 is 0 Å². The van der Waals surface area contributed by atoms with Crippen LogP contribution in [0.1, 0.15) is 59.9 Å². The van der Waals surface area contributed by atoms with Crippen molar-refractivity contribution in [2.75, 3.05) is 13.1 Å². The standard InChI is InChI=1S/C26H38N4O7/c1-25(2,3)20(27-23(34)37-26(4,5)6)22(33)29-14-10-13-18(29)21(32)28-30-15-19(31)36-24(30)35-16-17-11-8-7-9-12-17/h7-9,11-12,18,20,24H,10,13-16H2,1-6H3,(H,27,34)(H,28,32)/t18?,20-,24?/m1/s1. The third-order valence-corrected chi connectivity index (χ3v) is 5.89. The highest BCUT2D eigenvalue weighted by Crippen LogP contribution is 2.26. The second-order valence-electron chi connectivity index (χ2n) is 11.3. The van der Waals surface area contributed by atoms with Gasteiger partial charge in [-0.05, 0) is 44.6 Å². The van der Waals surface area contributed by atoms with E-state index in [1.54, 1.807) is 20.8 Å². The van der Waals surface area contributed by atoms with Crippen molar-refractivity contribution in [3.05, 3.63) is 35.9 Å². The molecule has 0 bridgehead atoms. The summed E-state index contributed by atoms with van der Waals surface area (Å²) in [6, 6.07) is 7.68. The van der Waals surface area contributed by atoms with Gasteiger partial charge in [0, 0.05) is 6.54 Å². The summed E-state index contributed by atoms with van der Waals surface area (Å²) >= 11 is 0. The fourth-order valence-electron chi connectivity index (χ4n) is 4.14. The molecule has 11 heteroatoms. The number of alkyl carbamates (subject to hydrolysis) is 1. The van der Waals surface area contributed by atoms with Gasteiger partial charge in [0.15, 0.2) is 0 Å². The number of ether oxygens (including phenoxy) is 3. The number of nitrogens with zero attached hydrogens (tertiary/aromatic N) is 2. The van der Waals surface area contributed by atoms with Crippen LogP contribution in [0.5, 0.6) is 0 Å². The van der Waals surface area contributed by atoms with E-state index >= 15 is 0 Å². The smallest absolute Gasteiger partial charge is 0.408 e. The first-order valence-corrected chi connectivity index (χ1v) is 12.5. The first kappa shape index (κ1) is 28.4. The van der Waals surface area contributed by atoms with Gasteiger partial charge in [0.1, 0.15) is 24.2 Å². The Morgan fingerprint density at radius 3 is 2.41 bits per heavy atom. The summed E-state index contributed by atoms with van der Waals surface area (Å²) in [5.41, 5.74) is 2.22. The number of likely N-dealkylation sites (tertiary alicyclic amines) is 1. The lowest BCUT2D eigenvalue weighted by Gasteiger charge is -2.36. The van der Waals surface area contributed by atoms with Crippen molar-refractivity contribution in [1.29, 1.82) is 0 Å². The maximum atomic E-state index is 13.6. The van der Waals surface area contributed by atoms with Gasteiger partial charge in [0.2, 0.25) is 5.91 Å². The second-order valence-corrected chi connectivity index (χ2v) is 11.3. The molecule has 37 heavy (non-hydrogen) atoms. The number of amides is 3. The molecule has 1 aromatic rings. The van der Waals surface area contributed by atoms with Gasteiger partial charge in [-0.1, -0.05) is 51.1 Å². The van der Waals surface area contributed by atoms with Crippen LogP contribution in [-0.2, 0) is 35.2 Å². The topological polar surface area (TPSA) is 127 Å². The van der Waals surface area contributed by atoms with Crippen molar-refractivity contribution in [2.45, 2.75) is 85.1 Å². The highest BCUT2D eigenvalue weighted by Gasteiger charge is 2.44. The lowest BCUT2D eigenvalue weighted by molar-refractivity contribution is -0.201. The summed E-state index contributed by atoms with van der Waals surface area (Å²) in [5.74, 6) is -1.36. The number of nitrogens with one attached hydrogen (secondary N) is 2. The zero-order valence-corrected chi connectivity index (χ0v) is 22.4. The number of hydrogen-bond acceptors (Lipinski definition) is 8. The molecule has 3 amide bonds. The van der Waals surface area contributed by atoms with Crippen LogP contribution in [-0.4, -0.2) is 71.0 Å². The molecule has 11 nitrogen and oxygen atoms in total. The number of carbonyl (C=O) groups is 4. The predicted molar refractivity (Wildman–Crippen MR) is 133 cm³/mol. The Kier molecular flexibility index (Phi) is 8.80. The average molecular weight is 519 g/mol. The van der Waals surface area contributed by atoms with E-state index in [9.17, 15) is 19.2 Å². The molecular formula is C26H38N4O7. The van der Waals surface area contributed by atoms with E-state index < -0.39 is 47.5 Å². The number of cyclic esters (lactones) is 1. The Balaban J connectivity index is 1.66. The molecule has 3 atom stereocenters. The van der Waals surface area contributed by atoms with Crippen molar-refractivity contribution in [1.82, 2.24) is 20.7 Å². The van der Waals surface area contributed by atoms with E-state index in [0.29, 0.717) is 19.4 Å². The Morgan fingerprint density at radius 1 is 1.11 bits per heavy atom. The molecule has 1 aromatic carbocycles. The number of hydrogen-bond donors (Lipinski definition) is 2. The van der Waals surface area contributed by atoms with E-state index in [4.69, 9.17) is 14.2 Å². The van der Waals surface area contributed by atoms with E-state index in [1.165, 1.54) is 9.91 Å². The Bertz CT molecular complexity index is 987. The largest absolute Gasteiger partial charge is 0.444 e. The van der Waals surface area contributed by atoms with Crippen LogP contribution in [0.2, 0.25) is 0 Å². The SMILES string of the molecule is CC(C)(C)OC(=O)N[C@H](C(=O)N1CCCC1C(=O)NN1CC(=O)OC1OCc1ccccc1)C(C)(C)C. The van der Waals surface area contributed by atoms with E-state index in [2.05, 4.69) is 10.7 Å². The molecule has 0 spiro atoms. The fraction of sp³-hybridized carbons (Fsp3) is 0.615.